The van der Waals surface area contributed by atoms with E-state index in [1.54, 1.807) is 6.07 Å². The summed E-state index contributed by atoms with van der Waals surface area (Å²) in [5, 5.41) is 11.6. The van der Waals surface area contributed by atoms with Gasteiger partial charge in [-0.05, 0) is 37.1 Å². The molecule has 0 aliphatic carbocycles. The average Bonchev–Trinajstić information content (AvgIpc) is 2.45. The van der Waals surface area contributed by atoms with E-state index in [1.165, 1.54) is 0 Å². The Morgan fingerprint density at radius 2 is 2.15 bits per heavy atom. The molecule has 1 rings (SSSR count). The number of unbranched alkanes of at least 4 members (excludes halogenated alkanes) is 2. The molecule has 0 saturated carbocycles. The number of rotatable bonds is 6. The minimum atomic E-state index is -0.0286. The first kappa shape index (κ1) is 16.3. The highest BCUT2D eigenvalue weighted by atomic mass is 16.2. The fourth-order valence-corrected chi connectivity index (χ4v) is 1.84. The summed E-state index contributed by atoms with van der Waals surface area (Å²) in [5.41, 5.74) is 2.56. The molecule has 0 aliphatic rings. The summed E-state index contributed by atoms with van der Waals surface area (Å²) in [7, 11) is 0. The number of aliphatic hydroxyl groups is 1. The molecule has 1 aromatic rings. The molecular formula is C17H23NO2. The Morgan fingerprint density at radius 3 is 2.80 bits per heavy atom. The zero-order valence-electron chi connectivity index (χ0n) is 12.3. The highest BCUT2D eigenvalue weighted by Crippen LogP contribution is 2.10. The van der Waals surface area contributed by atoms with Gasteiger partial charge in [0, 0.05) is 24.1 Å². The van der Waals surface area contributed by atoms with E-state index in [0.29, 0.717) is 12.0 Å². The first-order chi connectivity index (χ1) is 9.69. The Labute approximate surface area is 121 Å². The van der Waals surface area contributed by atoms with Crippen molar-refractivity contribution < 1.29 is 9.90 Å². The van der Waals surface area contributed by atoms with Gasteiger partial charge in [-0.15, -0.1) is 0 Å². The Morgan fingerprint density at radius 1 is 1.35 bits per heavy atom. The molecule has 0 heterocycles. The monoisotopic (exact) mass is 273 g/mol. The molecule has 108 valence electrons. The molecule has 20 heavy (non-hydrogen) atoms. The maximum absolute atomic E-state index is 12.0. The minimum absolute atomic E-state index is 0.0286. The quantitative estimate of drug-likeness (QED) is 0.618. The summed E-state index contributed by atoms with van der Waals surface area (Å²) >= 11 is 0. The van der Waals surface area contributed by atoms with Crippen LogP contribution >= 0.6 is 0 Å². The van der Waals surface area contributed by atoms with E-state index in [1.807, 2.05) is 19.1 Å². The minimum Gasteiger partial charge on any atom is -0.395 e. The molecule has 1 aromatic carbocycles. The molecule has 0 bridgehead atoms. The van der Waals surface area contributed by atoms with Crippen molar-refractivity contribution in [1.29, 1.82) is 0 Å². The fourth-order valence-electron chi connectivity index (χ4n) is 1.84. The van der Waals surface area contributed by atoms with Gasteiger partial charge in [0.1, 0.15) is 0 Å². The van der Waals surface area contributed by atoms with Gasteiger partial charge in [-0.25, -0.2) is 0 Å². The Balaban J connectivity index is 2.62. The van der Waals surface area contributed by atoms with Crippen LogP contribution in [0.5, 0.6) is 0 Å². The van der Waals surface area contributed by atoms with Gasteiger partial charge in [0.15, 0.2) is 0 Å². The van der Waals surface area contributed by atoms with Crippen LogP contribution < -0.4 is 5.32 Å². The predicted octanol–water partition coefficient (Wildman–Crippen LogP) is 2.65. The zero-order valence-corrected chi connectivity index (χ0v) is 12.3. The standard InChI is InChI=1S/C17H23NO2/c1-3-4-6-11-18-17(20)16-10-9-15(14(2)13-16)8-5-7-12-19/h9-10,13,19H,3-4,6-7,11-12H2,1-2H3,(H,18,20). The van der Waals surface area contributed by atoms with Gasteiger partial charge in [0.05, 0.1) is 6.61 Å². The van der Waals surface area contributed by atoms with Crippen LogP contribution in [0.15, 0.2) is 18.2 Å². The van der Waals surface area contributed by atoms with Crippen molar-refractivity contribution in [3.8, 4) is 11.8 Å². The number of carbonyl (C=O) groups is 1. The number of carbonyl (C=O) groups excluding carboxylic acids is 1. The fraction of sp³-hybridized carbons (Fsp3) is 0.471. The number of benzene rings is 1. The molecule has 0 radical (unpaired) electrons. The molecule has 0 aliphatic heterocycles. The maximum atomic E-state index is 12.0. The van der Waals surface area contributed by atoms with Crippen molar-refractivity contribution >= 4 is 5.91 Å². The molecule has 1 amide bonds. The van der Waals surface area contributed by atoms with Crippen molar-refractivity contribution in [1.82, 2.24) is 5.32 Å². The van der Waals surface area contributed by atoms with Crippen molar-refractivity contribution in [3.05, 3.63) is 34.9 Å². The predicted molar refractivity (Wildman–Crippen MR) is 81.6 cm³/mol. The molecule has 0 unspecified atom stereocenters. The van der Waals surface area contributed by atoms with Crippen LogP contribution in [0.4, 0.5) is 0 Å². The van der Waals surface area contributed by atoms with E-state index in [9.17, 15) is 4.79 Å². The second-order valence-electron chi connectivity index (χ2n) is 4.77. The van der Waals surface area contributed by atoms with Crippen LogP contribution in [0.2, 0.25) is 0 Å². The number of aliphatic hydroxyl groups excluding tert-OH is 1. The van der Waals surface area contributed by atoms with Gasteiger partial charge >= 0.3 is 0 Å². The van der Waals surface area contributed by atoms with E-state index in [4.69, 9.17) is 5.11 Å². The van der Waals surface area contributed by atoms with Crippen molar-refractivity contribution in [2.75, 3.05) is 13.2 Å². The normalized spacial score (nSPS) is 9.75. The molecule has 0 fully saturated rings. The lowest BCUT2D eigenvalue weighted by Gasteiger charge is -2.06. The number of hydrogen-bond acceptors (Lipinski definition) is 2. The molecule has 0 saturated heterocycles. The average molecular weight is 273 g/mol. The van der Waals surface area contributed by atoms with Crippen molar-refractivity contribution in [2.24, 2.45) is 0 Å². The summed E-state index contributed by atoms with van der Waals surface area (Å²) in [6.45, 7) is 4.88. The van der Waals surface area contributed by atoms with Crippen molar-refractivity contribution in [2.45, 2.75) is 39.5 Å². The SMILES string of the molecule is CCCCCNC(=O)c1ccc(C#CCCO)c(C)c1. The zero-order chi connectivity index (χ0) is 14.8. The van der Waals surface area contributed by atoms with Crippen LogP contribution in [-0.2, 0) is 0 Å². The van der Waals surface area contributed by atoms with Crippen molar-refractivity contribution in [3.63, 3.8) is 0 Å². The largest absolute Gasteiger partial charge is 0.395 e. The second kappa shape index (κ2) is 9.17. The lowest BCUT2D eigenvalue weighted by Crippen LogP contribution is -2.24. The van der Waals surface area contributed by atoms with Gasteiger partial charge in [-0.2, -0.15) is 0 Å². The Bertz CT molecular complexity index is 497. The van der Waals surface area contributed by atoms with Crippen LogP contribution in [0.25, 0.3) is 0 Å². The van der Waals surface area contributed by atoms with E-state index in [-0.39, 0.29) is 12.5 Å². The lowest BCUT2D eigenvalue weighted by molar-refractivity contribution is 0.0953. The molecule has 0 spiro atoms. The van der Waals surface area contributed by atoms with Crippen LogP contribution in [-0.4, -0.2) is 24.2 Å². The molecule has 3 heteroatoms. The first-order valence-electron chi connectivity index (χ1n) is 7.17. The van der Waals surface area contributed by atoms with Gasteiger partial charge in [-0.1, -0.05) is 31.6 Å². The number of hydrogen-bond donors (Lipinski definition) is 2. The van der Waals surface area contributed by atoms with Gasteiger partial charge in [0.25, 0.3) is 5.91 Å². The first-order valence-corrected chi connectivity index (χ1v) is 7.17. The number of nitrogens with one attached hydrogen (secondary N) is 1. The third-order valence-corrected chi connectivity index (χ3v) is 3.01. The highest BCUT2D eigenvalue weighted by Gasteiger charge is 2.06. The molecule has 0 aromatic heterocycles. The topological polar surface area (TPSA) is 49.3 Å². The van der Waals surface area contributed by atoms with Crippen LogP contribution in [0, 0.1) is 18.8 Å². The third kappa shape index (κ3) is 5.46. The van der Waals surface area contributed by atoms with Crippen LogP contribution in [0.1, 0.15) is 54.1 Å². The summed E-state index contributed by atoms with van der Waals surface area (Å²) in [4.78, 5) is 12.0. The summed E-state index contributed by atoms with van der Waals surface area (Å²) in [6, 6.07) is 5.52. The molecule has 2 N–H and O–H groups in total. The summed E-state index contributed by atoms with van der Waals surface area (Å²) in [5.74, 6) is 5.86. The van der Waals surface area contributed by atoms with E-state index in [0.717, 1.165) is 36.9 Å². The summed E-state index contributed by atoms with van der Waals surface area (Å²) in [6.07, 6.45) is 3.78. The third-order valence-electron chi connectivity index (χ3n) is 3.01. The van der Waals surface area contributed by atoms with Gasteiger partial charge < -0.3 is 10.4 Å². The molecular weight excluding hydrogens is 250 g/mol. The highest BCUT2D eigenvalue weighted by molar-refractivity contribution is 5.94. The Kier molecular flexibility index (Phi) is 7.46. The molecule has 3 nitrogen and oxygen atoms in total. The number of aryl methyl sites for hydroxylation is 1. The van der Waals surface area contributed by atoms with Gasteiger partial charge in [-0.3, -0.25) is 4.79 Å². The van der Waals surface area contributed by atoms with E-state index in [2.05, 4.69) is 24.1 Å². The smallest absolute Gasteiger partial charge is 0.251 e. The number of amides is 1. The second-order valence-corrected chi connectivity index (χ2v) is 4.77. The Hall–Kier alpha value is -1.79. The van der Waals surface area contributed by atoms with E-state index < -0.39 is 0 Å². The lowest BCUT2D eigenvalue weighted by atomic mass is 10.0. The molecule has 0 atom stereocenters. The van der Waals surface area contributed by atoms with Gasteiger partial charge in [0.2, 0.25) is 0 Å². The summed E-state index contributed by atoms with van der Waals surface area (Å²) < 4.78 is 0. The van der Waals surface area contributed by atoms with E-state index >= 15 is 0 Å². The van der Waals surface area contributed by atoms with Crippen LogP contribution in [0.3, 0.4) is 0 Å². The maximum Gasteiger partial charge on any atom is 0.251 e.